The summed E-state index contributed by atoms with van der Waals surface area (Å²) < 4.78 is 0. The molecule has 0 saturated carbocycles. The monoisotopic (exact) mass is 178 g/mol. The summed E-state index contributed by atoms with van der Waals surface area (Å²) in [6.45, 7) is 0. The fourth-order valence-corrected chi connectivity index (χ4v) is 1.25. The lowest BCUT2D eigenvalue weighted by Gasteiger charge is -2.02. The Kier molecular flexibility index (Phi) is 1.84. The number of anilines is 1. The molecule has 1 aliphatic rings. The number of allylic oxidation sites excluding steroid dienone is 1. The van der Waals surface area contributed by atoms with E-state index in [9.17, 15) is 0 Å². The van der Waals surface area contributed by atoms with E-state index in [0.717, 1.165) is 16.3 Å². The van der Waals surface area contributed by atoms with Gasteiger partial charge in [0, 0.05) is 16.8 Å². The second kappa shape index (κ2) is 2.99. The molecule has 1 aromatic carbocycles. The first-order valence-electron chi connectivity index (χ1n) is 3.61. The average Bonchev–Trinajstić information content (AvgIpc) is 2.28. The van der Waals surface area contributed by atoms with Crippen LogP contribution in [-0.2, 0) is 0 Å². The molecule has 0 unspecified atom stereocenters. The molecule has 0 aliphatic carbocycles. The third kappa shape index (κ3) is 1.34. The maximum Gasteiger partial charge on any atom is 0.0635 e. The van der Waals surface area contributed by atoms with Crippen LogP contribution in [0, 0.1) is 0 Å². The van der Waals surface area contributed by atoms with Crippen molar-refractivity contribution < 1.29 is 0 Å². The number of halogens is 1. The summed E-state index contributed by atoms with van der Waals surface area (Å²) in [4.78, 5) is 0. The molecule has 1 aromatic rings. The zero-order valence-electron chi connectivity index (χ0n) is 6.29. The van der Waals surface area contributed by atoms with Crippen molar-refractivity contribution in [3.8, 4) is 0 Å². The molecule has 2 nitrogen and oxygen atoms in total. The zero-order valence-corrected chi connectivity index (χ0v) is 7.05. The van der Waals surface area contributed by atoms with Crippen molar-refractivity contribution >= 4 is 29.6 Å². The minimum Gasteiger partial charge on any atom is -0.278 e. The summed E-state index contributed by atoms with van der Waals surface area (Å²) >= 11 is 5.83. The molecule has 1 N–H and O–H groups in total. The summed E-state index contributed by atoms with van der Waals surface area (Å²) in [5.74, 6) is 0. The van der Waals surface area contributed by atoms with Gasteiger partial charge >= 0.3 is 0 Å². The standard InChI is InChI=1S/C9H7ClN2/c10-8-3-4-9-7(6-8)2-1-5-11-12-9/h1-6,12H. The molecular weight excluding hydrogens is 172 g/mol. The predicted molar refractivity (Wildman–Crippen MR) is 52.6 cm³/mol. The largest absolute Gasteiger partial charge is 0.278 e. The number of nitrogens with zero attached hydrogens (tertiary/aromatic N) is 1. The molecular formula is C9H7ClN2. The van der Waals surface area contributed by atoms with E-state index < -0.39 is 0 Å². The highest BCUT2D eigenvalue weighted by molar-refractivity contribution is 6.30. The highest BCUT2D eigenvalue weighted by atomic mass is 35.5. The number of rotatable bonds is 0. The molecule has 3 heteroatoms. The van der Waals surface area contributed by atoms with Gasteiger partial charge in [-0.1, -0.05) is 17.7 Å². The number of hydrazone groups is 1. The van der Waals surface area contributed by atoms with Gasteiger partial charge in [0.05, 0.1) is 5.69 Å². The molecule has 1 heterocycles. The van der Waals surface area contributed by atoms with Crippen molar-refractivity contribution in [1.29, 1.82) is 0 Å². The molecule has 0 aromatic heterocycles. The molecule has 0 saturated heterocycles. The summed E-state index contributed by atoms with van der Waals surface area (Å²) in [7, 11) is 0. The van der Waals surface area contributed by atoms with E-state index in [0.29, 0.717) is 0 Å². The molecule has 2 rings (SSSR count). The van der Waals surface area contributed by atoms with Crippen LogP contribution in [0.3, 0.4) is 0 Å². The number of nitrogens with one attached hydrogen (secondary N) is 1. The van der Waals surface area contributed by atoms with Crippen LogP contribution in [0.5, 0.6) is 0 Å². The normalized spacial score (nSPS) is 13.4. The third-order valence-corrected chi connectivity index (χ3v) is 1.87. The van der Waals surface area contributed by atoms with Gasteiger partial charge in [0.25, 0.3) is 0 Å². The Labute approximate surface area is 75.5 Å². The van der Waals surface area contributed by atoms with Gasteiger partial charge in [0.2, 0.25) is 0 Å². The predicted octanol–water partition coefficient (Wildman–Crippen LogP) is 2.76. The Morgan fingerprint density at radius 2 is 2.25 bits per heavy atom. The van der Waals surface area contributed by atoms with Gasteiger partial charge in [0.15, 0.2) is 0 Å². The van der Waals surface area contributed by atoms with Gasteiger partial charge in [-0.15, -0.1) is 0 Å². The van der Waals surface area contributed by atoms with Crippen LogP contribution < -0.4 is 5.43 Å². The van der Waals surface area contributed by atoms with Gasteiger partial charge in [-0.05, 0) is 24.3 Å². The Balaban J connectivity index is 2.53. The molecule has 0 radical (unpaired) electrons. The summed E-state index contributed by atoms with van der Waals surface area (Å²) in [6, 6.07) is 5.64. The molecule has 1 aliphatic heterocycles. The number of hydrogen-bond donors (Lipinski definition) is 1. The third-order valence-electron chi connectivity index (χ3n) is 1.63. The fourth-order valence-electron chi connectivity index (χ4n) is 1.07. The van der Waals surface area contributed by atoms with E-state index >= 15 is 0 Å². The quantitative estimate of drug-likeness (QED) is 0.649. The van der Waals surface area contributed by atoms with Crippen LogP contribution in [-0.4, -0.2) is 6.21 Å². The van der Waals surface area contributed by atoms with Gasteiger partial charge in [-0.2, -0.15) is 5.10 Å². The minimum atomic E-state index is 0.738. The van der Waals surface area contributed by atoms with E-state index in [1.165, 1.54) is 0 Å². The second-order valence-corrected chi connectivity index (χ2v) is 2.92. The highest BCUT2D eigenvalue weighted by Gasteiger charge is 2.00. The van der Waals surface area contributed by atoms with Gasteiger partial charge < -0.3 is 0 Å². The molecule has 0 spiro atoms. The van der Waals surface area contributed by atoms with Crippen molar-refractivity contribution in [2.75, 3.05) is 5.43 Å². The lowest BCUT2D eigenvalue weighted by molar-refractivity contribution is 1.36. The van der Waals surface area contributed by atoms with Crippen molar-refractivity contribution in [2.45, 2.75) is 0 Å². The molecule has 12 heavy (non-hydrogen) atoms. The molecule has 0 bridgehead atoms. The van der Waals surface area contributed by atoms with E-state index in [4.69, 9.17) is 11.6 Å². The summed E-state index contributed by atoms with van der Waals surface area (Å²) in [6.07, 6.45) is 5.54. The van der Waals surface area contributed by atoms with E-state index in [2.05, 4.69) is 10.5 Å². The van der Waals surface area contributed by atoms with Gasteiger partial charge in [-0.25, -0.2) is 0 Å². The van der Waals surface area contributed by atoms with Crippen LogP contribution in [0.2, 0.25) is 5.02 Å². The number of hydrogen-bond acceptors (Lipinski definition) is 2. The van der Waals surface area contributed by atoms with Crippen LogP contribution in [0.4, 0.5) is 5.69 Å². The molecule has 60 valence electrons. The smallest absolute Gasteiger partial charge is 0.0635 e. The fraction of sp³-hybridized carbons (Fsp3) is 0. The first-order chi connectivity index (χ1) is 5.86. The summed E-state index contributed by atoms with van der Waals surface area (Å²) in [5, 5.41) is 4.68. The van der Waals surface area contributed by atoms with Crippen molar-refractivity contribution in [3.05, 3.63) is 34.9 Å². The maximum atomic E-state index is 5.83. The van der Waals surface area contributed by atoms with Crippen LogP contribution in [0.15, 0.2) is 29.4 Å². The number of benzene rings is 1. The Morgan fingerprint density at radius 3 is 3.17 bits per heavy atom. The van der Waals surface area contributed by atoms with Crippen molar-refractivity contribution in [1.82, 2.24) is 0 Å². The molecule has 0 atom stereocenters. The molecule has 0 fully saturated rings. The van der Waals surface area contributed by atoms with E-state index in [1.807, 2.05) is 30.4 Å². The van der Waals surface area contributed by atoms with Crippen LogP contribution in [0.25, 0.3) is 6.08 Å². The van der Waals surface area contributed by atoms with Crippen molar-refractivity contribution in [3.63, 3.8) is 0 Å². The lowest BCUT2D eigenvalue weighted by Crippen LogP contribution is -1.88. The second-order valence-electron chi connectivity index (χ2n) is 2.48. The number of fused-ring (bicyclic) bond motifs is 1. The minimum absolute atomic E-state index is 0.738. The van der Waals surface area contributed by atoms with Gasteiger partial charge in [0.1, 0.15) is 0 Å². The highest BCUT2D eigenvalue weighted by Crippen LogP contribution is 2.22. The summed E-state index contributed by atoms with van der Waals surface area (Å²) in [5.41, 5.74) is 4.93. The van der Waals surface area contributed by atoms with Gasteiger partial charge in [-0.3, -0.25) is 5.43 Å². The average molecular weight is 179 g/mol. The Hall–Kier alpha value is -1.28. The zero-order chi connectivity index (χ0) is 8.39. The van der Waals surface area contributed by atoms with Crippen molar-refractivity contribution in [2.24, 2.45) is 5.10 Å². The molecule has 0 amide bonds. The maximum absolute atomic E-state index is 5.83. The lowest BCUT2D eigenvalue weighted by atomic mass is 10.2. The van der Waals surface area contributed by atoms with Crippen LogP contribution >= 0.6 is 11.6 Å². The van der Waals surface area contributed by atoms with E-state index in [1.54, 1.807) is 6.21 Å². The topological polar surface area (TPSA) is 24.4 Å². The van der Waals surface area contributed by atoms with Crippen LogP contribution in [0.1, 0.15) is 5.56 Å². The SMILES string of the molecule is Clc1ccc2c(c1)C=CC=NN2. The Bertz CT molecular complexity index is 356. The first kappa shape index (κ1) is 7.37. The first-order valence-corrected chi connectivity index (χ1v) is 3.99. The Morgan fingerprint density at radius 1 is 1.33 bits per heavy atom. The van der Waals surface area contributed by atoms with E-state index in [-0.39, 0.29) is 0 Å².